The summed E-state index contributed by atoms with van der Waals surface area (Å²) in [6.07, 6.45) is 0.821. The fraction of sp³-hybridized carbons (Fsp3) is 0.696. The Morgan fingerprint density at radius 1 is 1.21 bits per heavy atom. The third kappa shape index (κ3) is 5.66. The van der Waals surface area contributed by atoms with Gasteiger partial charge in [0, 0.05) is 10.5 Å². The molecule has 2 saturated heterocycles. The standard InChI is InChI=1S/C23H31N3O7/c1-14-8-6-7-11-16(14)31-23-19(25-26-24)21(29-13-18(27)28-2)20-17(32-23)12-30-22(33-20)15-9-4-3-5-10-15/h3-5,9-10,14,16-17,19-23H,6-8,11-13H2,1-2H3/t14-,16?,17?,19?,20+,21+,22?,23+/m0/s1. The molecular formula is C23H31N3O7. The molecule has 180 valence electrons. The second kappa shape index (κ2) is 11.3. The highest BCUT2D eigenvalue weighted by Gasteiger charge is 2.51. The van der Waals surface area contributed by atoms with E-state index in [2.05, 4.69) is 16.9 Å². The van der Waals surface area contributed by atoms with Gasteiger partial charge in [-0.3, -0.25) is 0 Å². The van der Waals surface area contributed by atoms with Crippen LogP contribution in [0.2, 0.25) is 0 Å². The summed E-state index contributed by atoms with van der Waals surface area (Å²) in [7, 11) is 1.29. The molecule has 33 heavy (non-hydrogen) atoms. The highest BCUT2D eigenvalue weighted by Crippen LogP contribution is 2.38. The average Bonchev–Trinajstić information content (AvgIpc) is 2.85. The molecule has 1 aromatic rings. The van der Waals surface area contributed by atoms with E-state index in [0.717, 1.165) is 24.8 Å². The minimum absolute atomic E-state index is 0.0135. The molecule has 0 N–H and O–H groups in total. The van der Waals surface area contributed by atoms with Crippen LogP contribution >= 0.6 is 0 Å². The highest BCUT2D eigenvalue weighted by molar-refractivity contribution is 5.70. The van der Waals surface area contributed by atoms with Gasteiger partial charge in [-0.2, -0.15) is 0 Å². The molecule has 3 aliphatic rings. The Hall–Kier alpha value is -2.20. The van der Waals surface area contributed by atoms with Gasteiger partial charge in [0.1, 0.15) is 31.0 Å². The monoisotopic (exact) mass is 461 g/mol. The van der Waals surface area contributed by atoms with Gasteiger partial charge in [0.25, 0.3) is 0 Å². The third-order valence-corrected chi connectivity index (χ3v) is 6.53. The molecule has 4 unspecified atom stereocenters. The summed E-state index contributed by atoms with van der Waals surface area (Å²) < 4.78 is 35.4. The first-order chi connectivity index (χ1) is 16.1. The Balaban J connectivity index is 1.57. The number of carbonyl (C=O) groups excluding carboxylic acids is 1. The molecule has 3 fully saturated rings. The number of fused-ring (bicyclic) bond motifs is 1. The van der Waals surface area contributed by atoms with Crippen LogP contribution in [0, 0.1) is 5.92 Å². The summed E-state index contributed by atoms with van der Waals surface area (Å²) in [5.74, 6) is -0.176. The zero-order chi connectivity index (χ0) is 23.2. The van der Waals surface area contributed by atoms with Crippen molar-refractivity contribution in [3.8, 4) is 0 Å². The molecule has 0 spiro atoms. The number of methoxy groups -OCH3 is 1. The average molecular weight is 462 g/mol. The Labute approximate surface area is 193 Å². The quantitative estimate of drug-likeness (QED) is 0.263. The van der Waals surface area contributed by atoms with Gasteiger partial charge in [-0.25, -0.2) is 4.79 Å². The van der Waals surface area contributed by atoms with Crippen molar-refractivity contribution < 1.29 is 33.2 Å². The normalized spacial score (nSPS) is 36.3. The molecule has 2 aliphatic heterocycles. The summed E-state index contributed by atoms with van der Waals surface area (Å²) in [5.41, 5.74) is 10.1. The molecule has 10 nitrogen and oxygen atoms in total. The van der Waals surface area contributed by atoms with Crippen molar-refractivity contribution in [2.45, 2.75) is 75.6 Å². The first-order valence-corrected chi connectivity index (χ1v) is 11.5. The molecule has 0 aromatic heterocycles. The van der Waals surface area contributed by atoms with E-state index in [1.807, 2.05) is 30.3 Å². The number of benzene rings is 1. The second-order valence-corrected chi connectivity index (χ2v) is 8.70. The topological polar surface area (TPSA) is 121 Å². The molecule has 8 atom stereocenters. The van der Waals surface area contributed by atoms with E-state index in [1.165, 1.54) is 13.5 Å². The number of nitrogens with zero attached hydrogens (tertiary/aromatic N) is 3. The fourth-order valence-corrected chi connectivity index (χ4v) is 4.71. The molecule has 0 amide bonds. The maximum Gasteiger partial charge on any atom is 0.331 e. The molecule has 2 heterocycles. The zero-order valence-corrected chi connectivity index (χ0v) is 18.9. The lowest BCUT2D eigenvalue weighted by molar-refractivity contribution is -0.352. The van der Waals surface area contributed by atoms with E-state index in [4.69, 9.17) is 28.4 Å². The Kier molecular flexibility index (Phi) is 8.19. The first kappa shape index (κ1) is 23.9. The molecule has 0 radical (unpaired) electrons. The number of ether oxygens (including phenoxy) is 6. The van der Waals surface area contributed by atoms with E-state index in [9.17, 15) is 10.3 Å². The van der Waals surface area contributed by atoms with Crippen LogP contribution in [0.1, 0.15) is 44.5 Å². The van der Waals surface area contributed by atoms with Crippen LogP contribution in [0.3, 0.4) is 0 Å². The lowest BCUT2D eigenvalue weighted by Gasteiger charge is -2.49. The molecule has 1 aliphatic carbocycles. The highest BCUT2D eigenvalue weighted by atomic mass is 16.8. The van der Waals surface area contributed by atoms with Crippen LogP contribution in [-0.2, 0) is 33.2 Å². The van der Waals surface area contributed by atoms with Crippen molar-refractivity contribution in [1.82, 2.24) is 0 Å². The minimum atomic E-state index is -0.843. The molecular weight excluding hydrogens is 430 g/mol. The third-order valence-electron chi connectivity index (χ3n) is 6.53. The summed E-state index contributed by atoms with van der Waals surface area (Å²) >= 11 is 0. The fourth-order valence-electron chi connectivity index (χ4n) is 4.71. The number of carbonyl (C=O) groups is 1. The maximum atomic E-state index is 11.8. The van der Waals surface area contributed by atoms with Crippen molar-refractivity contribution in [3.05, 3.63) is 46.3 Å². The van der Waals surface area contributed by atoms with E-state index in [1.54, 1.807) is 0 Å². The molecule has 10 heteroatoms. The SMILES string of the molecule is COC(=O)CO[C@@H]1C(N=[N+]=[N-])[C@H](OC2CCCC[C@@H]2C)OC2COC(c3ccccc3)O[C@H]21. The largest absolute Gasteiger partial charge is 0.467 e. The summed E-state index contributed by atoms with van der Waals surface area (Å²) in [6, 6.07) is 8.67. The maximum absolute atomic E-state index is 11.8. The van der Waals surface area contributed by atoms with Crippen LogP contribution < -0.4 is 0 Å². The van der Waals surface area contributed by atoms with Crippen molar-refractivity contribution in [1.29, 1.82) is 0 Å². The van der Waals surface area contributed by atoms with Gasteiger partial charge in [-0.1, -0.05) is 55.2 Å². The first-order valence-electron chi connectivity index (χ1n) is 11.5. The van der Waals surface area contributed by atoms with E-state index >= 15 is 0 Å². The Morgan fingerprint density at radius 2 is 2.00 bits per heavy atom. The van der Waals surface area contributed by atoms with Crippen LogP contribution in [0.4, 0.5) is 0 Å². The van der Waals surface area contributed by atoms with Crippen LogP contribution in [0.15, 0.2) is 35.4 Å². The van der Waals surface area contributed by atoms with E-state index < -0.39 is 42.9 Å². The van der Waals surface area contributed by atoms with Gasteiger partial charge in [-0.15, -0.1) is 0 Å². The number of azide groups is 1. The minimum Gasteiger partial charge on any atom is -0.467 e. The Bertz CT molecular complexity index is 835. The molecule has 0 bridgehead atoms. The van der Waals surface area contributed by atoms with Crippen molar-refractivity contribution in [3.63, 3.8) is 0 Å². The lowest BCUT2D eigenvalue weighted by atomic mass is 9.87. The molecule has 1 aromatic carbocycles. The van der Waals surface area contributed by atoms with Gasteiger partial charge in [-0.05, 0) is 24.3 Å². The number of esters is 1. The number of hydrogen-bond acceptors (Lipinski definition) is 8. The molecule has 4 rings (SSSR count). The van der Waals surface area contributed by atoms with Crippen LogP contribution in [0.5, 0.6) is 0 Å². The van der Waals surface area contributed by atoms with E-state index in [-0.39, 0.29) is 19.3 Å². The Morgan fingerprint density at radius 3 is 2.73 bits per heavy atom. The van der Waals surface area contributed by atoms with Crippen molar-refractivity contribution >= 4 is 5.97 Å². The molecule has 1 saturated carbocycles. The van der Waals surface area contributed by atoms with Gasteiger partial charge in [0.05, 0.1) is 19.8 Å². The van der Waals surface area contributed by atoms with Gasteiger partial charge >= 0.3 is 5.97 Å². The summed E-state index contributed by atoms with van der Waals surface area (Å²) in [5, 5.41) is 3.96. The summed E-state index contributed by atoms with van der Waals surface area (Å²) in [4.78, 5) is 14.8. The van der Waals surface area contributed by atoms with Crippen molar-refractivity contribution in [2.75, 3.05) is 20.3 Å². The van der Waals surface area contributed by atoms with Gasteiger partial charge in [0.2, 0.25) is 0 Å². The number of rotatable bonds is 7. The smallest absolute Gasteiger partial charge is 0.331 e. The number of hydrogen-bond donors (Lipinski definition) is 0. The zero-order valence-electron chi connectivity index (χ0n) is 18.9. The van der Waals surface area contributed by atoms with Crippen molar-refractivity contribution in [2.24, 2.45) is 11.0 Å². The van der Waals surface area contributed by atoms with Crippen LogP contribution in [-0.4, -0.2) is 63.0 Å². The lowest BCUT2D eigenvalue weighted by Crippen LogP contribution is -2.63. The van der Waals surface area contributed by atoms with Crippen LogP contribution in [0.25, 0.3) is 10.4 Å². The summed E-state index contributed by atoms with van der Waals surface area (Å²) in [6.45, 7) is 2.08. The predicted molar refractivity (Wildman–Crippen MR) is 116 cm³/mol. The second-order valence-electron chi connectivity index (χ2n) is 8.70. The van der Waals surface area contributed by atoms with Gasteiger partial charge in [0.15, 0.2) is 12.6 Å². The van der Waals surface area contributed by atoms with E-state index in [0.29, 0.717) is 5.92 Å². The van der Waals surface area contributed by atoms with Gasteiger partial charge < -0.3 is 28.4 Å². The predicted octanol–water partition coefficient (Wildman–Crippen LogP) is 3.66.